The molecule has 0 amide bonds. The number of hydrogen-bond donors (Lipinski definition) is 0. The molecule has 22 heavy (non-hydrogen) atoms. The lowest BCUT2D eigenvalue weighted by Gasteiger charge is -2.30. The van der Waals surface area contributed by atoms with Crippen molar-refractivity contribution in [1.82, 2.24) is 9.29 Å². The van der Waals surface area contributed by atoms with Gasteiger partial charge in [-0.3, -0.25) is 0 Å². The molecule has 0 saturated heterocycles. The highest BCUT2D eigenvalue weighted by atomic mass is 32.2. The van der Waals surface area contributed by atoms with E-state index < -0.39 is 10.0 Å². The molecule has 0 aliphatic heterocycles. The molecule has 4 nitrogen and oxygen atoms in total. The minimum atomic E-state index is -3.48. The van der Waals surface area contributed by atoms with Crippen LogP contribution in [0.4, 0.5) is 0 Å². The predicted octanol–water partition coefficient (Wildman–Crippen LogP) is 3.46. The molecule has 1 atom stereocenters. The second kappa shape index (κ2) is 5.76. The molecule has 6 heteroatoms. The standard InChI is InChI=1S/C16H20N2O2S2/c1-11-7-9-13(10-8-11)22(19,20)18(3)15-6-4-5-14-16(15)21-12(2)17-14/h7-10,15H,4-6H2,1-3H3. The van der Waals surface area contributed by atoms with Crippen LogP contribution in [-0.4, -0.2) is 24.8 Å². The van der Waals surface area contributed by atoms with Gasteiger partial charge in [0.05, 0.1) is 21.6 Å². The topological polar surface area (TPSA) is 50.3 Å². The van der Waals surface area contributed by atoms with Crippen molar-refractivity contribution in [2.24, 2.45) is 0 Å². The van der Waals surface area contributed by atoms with Crippen LogP contribution >= 0.6 is 11.3 Å². The highest BCUT2D eigenvalue weighted by Gasteiger charge is 2.33. The lowest BCUT2D eigenvalue weighted by atomic mass is 9.98. The Morgan fingerprint density at radius 2 is 1.91 bits per heavy atom. The van der Waals surface area contributed by atoms with Crippen LogP contribution in [0, 0.1) is 13.8 Å². The second-order valence-corrected chi connectivity index (χ2v) is 9.02. The third kappa shape index (κ3) is 2.71. The Bertz CT molecular complexity index is 779. The number of benzene rings is 1. The average molecular weight is 336 g/mol. The largest absolute Gasteiger partial charge is 0.246 e. The summed E-state index contributed by atoms with van der Waals surface area (Å²) < 4.78 is 27.3. The summed E-state index contributed by atoms with van der Waals surface area (Å²) >= 11 is 1.62. The molecule has 0 fully saturated rings. The molecule has 118 valence electrons. The molecule has 1 aromatic carbocycles. The van der Waals surface area contributed by atoms with Crippen LogP contribution in [0.1, 0.15) is 40.0 Å². The lowest BCUT2D eigenvalue weighted by molar-refractivity contribution is 0.341. The summed E-state index contributed by atoms with van der Waals surface area (Å²) in [5, 5.41) is 1.01. The van der Waals surface area contributed by atoms with Crippen molar-refractivity contribution in [2.75, 3.05) is 7.05 Å². The molecule has 0 N–H and O–H groups in total. The van der Waals surface area contributed by atoms with Crippen LogP contribution in [0.3, 0.4) is 0 Å². The summed E-state index contributed by atoms with van der Waals surface area (Å²) in [5.74, 6) is 0. The van der Waals surface area contributed by atoms with Crippen molar-refractivity contribution in [2.45, 2.75) is 44.0 Å². The van der Waals surface area contributed by atoms with Crippen molar-refractivity contribution in [1.29, 1.82) is 0 Å². The van der Waals surface area contributed by atoms with E-state index in [1.807, 2.05) is 26.0 Å². The van der Waals surface area contributed by atoms with Gasteiger partial charge in [-0.15, -0.1) is 11.3 Å². The van der Waals surface area contributed by atoms with Crippen molar-refractivity contribution < 1.29 is 8.42 Å². The minimum Gasteiger partial charge on any atom is -0.246 e. The smallest absolute Gasteiger partial charge is 0.243 e. The number of aromatic nitrogens is 1. The maximum atomic E-state index is 12.9. The van der Waals surface area contributed by atoms with Crippen LogP contribution in [0.5, 0.6) is 0 Å². The van der Waals surface area contributed by atoms with Gasteiger partial charge in [0.2, 0.25) is 10.0 Å². The summed E-state index contributed by atoms with van der Waals surface area (Å²) in [6.07, 6.45) is 2.79. The van der Waals surface area contributed by atoms with Crippen molar-refractivity contribution >= 4 is 21.4 Å². The van der Waals surface area contributed by atoms with Crippen molar-refractivity contribution in [3.05, 3.63) is 45.4 Å². The zero-order valence-corrected chi connectivity index (χ0v) is 14.7. The molecule has 0 spiro atoms. The zero-order valence-electron chi connectivity index (χ0n) is 13.0. The van der Waals surface area contributed by atoms with Gasteiger partial charge in [-0.05, 0) is 45.2 Å². The third-order valence-electron chi connectivity index (χ3n) is 4.17. The Kier molecular flexibility index (Phi) is 4.09. The first-order chi connectivity index (χ1) is 10.4. The van der Waals surface area contributed by atoms with Gasteiger partial charge in [0.25, 0.3) is 0 Å². The Balaban J connectivity index is 1.97. The fourth-order valence-corrected chi connectivity index (χ4v) is 5.49. The van der Waals surface area contributed by atoms with E-state index in [2.05, 4.69) is 4.98 Å². The molecular formula is C16H20N2O2S2. The molecule has 0 saturated carbocycles. The summed E-state index contributed by atoms with van der Waals surface area (Å²) in [6.45, 7) is 3.93. The van der Waals surface area contributed by atoms with Gasteiger partial charge in [-0.1, -0.05) is 17.7 Å². The molecule has 1 unspecified atom stereocenters. The first kappa shape index (κ1) is 15.6. The Morgan fingerprint density at radius 3 is 2.59 bits per heavy atom. The van der Waals surface area contributed by atoms with Crippen LogP contribution in [0.25, 0.3) is 0 Å². The fourth-order valence-electron chi connectivity index (χ4n) is 2.91. The quantitative estimate of drug-likeness (QED) is 0.862. The molecule has 0 bridgehead atoms. The molecule has 0 radical (unpaired) electrons. The number of nitrogens with zero attached hydrogens (tertiary/aromatic N) is 2. The van der Waals surface area contributed by atoms with E-state index in [9.17, 15) is 8.42 Å². The molecular weight excluding hydrogens is 316 g/mol. The van der Waals surface area contributed by atoms with Gasteiger partial charge >= 0.3 is 0 Å². The number of hydrogen-bond acceptors (Lipinski definition) is 4. The molecule has 1 heterocycles. The van der Waals surface area contributed by atoms with E-state index >= 15 is 0 Å². The van der Waals surface area contributed by atoms with E-state index in [-0.39, 0.29) is 6.04 Å². The predicted molar refractivity (Wildman–Crippen MR) is 88.7 cm³/mol. The maximum Gasteiger partial charge on any atom is 0.243 e. The SMILES string of the molecule is Cc1ccc(S(=O)(=O)N(C)C2CCCc3nc(C)sc32)cc1. The van der Waals surface area contributed by atoms with Gasteiger partial charge < -0.3 is 0 Å². The van der Waals surface area contributed by atoms with Gasteiger partial charge in [0.1, 0.15) is 0 Å². The van der Waals surface area contributed by atoms with Gasteiger partial charge in [0, 0.05) is 11.9 Å². The normalized spacial score (nSPS) is 18.5. The number of rotatable bonds is 3. The highest BCUT2D eigenvalue weighted by molar-refractivity contribution is 7.89. The molecule has 2 aromatic rings. The van der Waals surface area contributed by atoms with Crippen LogP contribution in [-0.2, 0) is 16.4 Å². The molecule has 1 aliphatic rings. The monoisotopic (exact) mass is 336 g/mol. The number of fused-ring (bicyclic) bond motifs is 1. The summed E-state index contributed by atoms with van der Waals surface area (Å²) in [4.78, 5) is 6.02. The first-order valence-electron chi connectivity index (χ1n) is 7.40. The lowest BCUT2D eigenvalue weighted by Crippen LogP contribution is -2.32. The van der Waals surface area contributed by atoms with Crippen LogP contribution < -0.4 is 0 Å². The van der Waals surface area contributed by atoms with E-state index in [1.165, 1.54) is 4.31 Å². The second-order valence-electron chi connectivity index (χ2n) is 5.79. The average Bonchev–Trinajstić information content (AvgIpc) is 2.87. The van der Waals surface area contributed by atoms with Crippen molar-refractivity contribution in [3.8, 4) is 0 Å². The van der Waals surface area contributed by atoms with Crippen LogP contribution in [0.2, 0.25) is 0 Å². The third-order valence-corrected chi connectivity index (χ3v) is 7.16. The summed E-state index contributed by atoms with van der Waals surface area (Å²) in [6, 6.07) is 6.94. The first-order valence-corrected chi connectivity index (χ1v) is 9.66. The zero-order chi connectivity index (χ0) is 15.9. The fraction of sp³-hybridized carbons (Fsp3) is 0.438. The molecule has 1 aromatic heterocycles. The van der Waals surface area contributed by atoms with E-state index in [1.54, 1.807) is 30.5 Å². The van der Waals surface area contributed by atoms with E-state index in [0.717, 1.165) is 40.4 Å². The number of sulfonamides is 1. The summed E-state index contributed by atoms with van der Waals surface area (Å²) in [7, 11) is -1.79. The Labute approximate surface area is 135 Å². The molecule has 3 rings (SSSR count). The Hall–Kier alpha value is -1.24. The highest BCUT2D eigenvalue weighted by Crippen LogP contribution is 2.39. The van der Waals surface area contributed by atoms with Crippen LogP contribution in [0.15, 0.2) is 29.2 Å². The molecule has 1 aliphatic carbocycles. The van der Waals surface area contributed by atoms with E-state index in [4.69, 9.17) is 0 Å². The summed E-state index contributed by atoms with van der Waals surface area (Å²) in [5.41, 5.74) is 2.13. The van der Waals surface area contributed by atoms with Gasteiger partial charge in [0.15, 0.2) is 0 Å². The van der Waals surface area contributed by atoms with E-state index in [0.29, 0.717) is 4.90 Å². The maximum absolute atomic E-state index is 12.9. The number of thiazole rings is 1. The van der Waals surface area contributed by atoms with Gasteiger partial charge in [-0.2, -0.15) is 4.31 Å². The minimum absolute atomic E-state index is 0.0961. The number of aryl methyl sites for hydroxylation is 3. The van der Waals surface area contributed by atoms with Crippen molar-refractivity contribution in [3.63, 3.8) is 0 Å². The Morgan fingerprint density at radius 1 is 1.23 bits per heavy atom. The van der Waals surface area contributed by atoms with Gasteiger partial charge in [-0.25, -0.2) is 13.4 Å².